The van der Waals surface area contributed by atoms with Gasteiger partial charge >= 0.3 is 0 Å². The number of fused-ring (bicyclic) bond motifs is 1. The van der Waals surface area contributed by atoms with E-state index < -0.39 is 36.7 Å². The molecule has 0 saturated carbocycles. The molecule has 1 aliphatic carbocycles. The van der Waals surface area contributed by atoms with E-state index in [1.807, 2.05) is 0 Å². The van der Waals surface area contributed by atoms with E-state index in [-0.39, 0.29) is 33.4 Å². The molecule has 1 aliphatic rings. The van der Waals surface area contributed by atoms with Crippen molar-refractivity contribution >= 4 is 47.4 Å². The molecular formula is C16H11N3O6S2. The van der Waals surface area contributed by atoms with Crippen LogP contribution in [0.15, 0.2) is 63.3 Å². The molecule has 3 rings (SSSR count). The molecular weight excluding hydrogens is 394 g/mol. The van der Waals surface area contributed by atoms with E-state index in [9.17, 15) is 32.2 Å². The number of aromatic hydroxyl groups is 1. The predicted octanol–water partition coefficient (Wildman–Crippen LogP) is 2.47. The molecule has 9 nitrogen and oxygen atoms in total. The van der Waals surface area contributed by atoms with E-state index >= 15 is 0 Å². The Hall–Kier alpha value is -3.02. The van der Waals surface area contributed by atoms with Gasteiger partial charge in [0.1, 0.15) is 21.1 Å². The summed E-state index contributed by atoms with van der Waals surface area (Å²) in [4.78, 5) is -0.793. The third kappa shape index (κ3) is 3.74. The summed E-state index contributed by atoms with van der Waals surface area (Å²) >= 11 is 0. The first kappa shape index (κ1) is 18.8. The lowest BCUT2D eigenvalue weighted by atomic mass is 10.1. The highest BCUT2D eigenvalue weighted by Gasteiger charge is 2.22. The van der Waals surface area contributed by atoms with Gasteiger partial charge in [-0.25, -0.2) is 0 Å². The van der Waals surface area contributed by atoms with Crippen LogP contribution in [0.1, 0.15) is 6.42 Å². The first-order valence-corrected chi connectivity index (χ1v) is 9.90. The van der Waals surface area contributed by atoms with Gasteiger partial charge in [0.05, 0.1) is 5.69 Å². The summed E-state index contributed by atoms with van der Waals surface area (Å²) in [6.07, 6.45) is 4.60. The molecule has 2 aromatic carbocycles. The van der Waals surface area contributed by atoms with Crippen LogP contribution >= 0.6 is 0 Å². The van der Waals surface area contributed by atoms with Crippen LogP contribution in [0.5, 0.6) is 5.75 Å². The van der Waals surface area contributed by atoms with E-state index in [4.69, 9.17) is 0 Å². The monoisotopic (exact) mass is 405 g/mol. The maximum absolute atomic E-state index is 11.7. The van der Waals surface area contributed by atoms with Gasteiger partial charge < -0.3 is 5.11 Å². The lowest BCUT2D eigenvalue weighted by Gasteiger charge is -2.09. The zero-order chi connectivity index (χ0) is 19.8. The third-order valence-corrected chi connectivity index (χ3v) is 5.40. The fourth-order valence-corrected chi connectivity index (χ4v) is 3.68. The molecule has 0 unspecified atom stereocenters. The molecule has 0 spiro atoms. The molecule has 0 aromatic heterocycles. The first-order chi connectivity index (χ1) is 12.7. The Labute approximate surface area is 155 Å². The van der Waals surface area contributed by atoms with Crippen molar-refractivity contribution in [3.63, 3.8) is 0 Å². The second-order valence-corrected chi connectivity index (χ2v) is 7.85. The normalized spacial score (nSPS) is 14.7. The predicted molar refractivity (Wildman–Crippen MR) is 97.5 cm³/mol. The van der Waals surface area contributed by atoms with Gasteiger partial charge in [0.15, 0.2) is 5.75 Å². The summed E-state index contributed by atoms with van der Waals surface area (Å²) in [5.74, 6) is -0.597. The van der Waals surface area contributed by atoms with Crippen LogP contribution in [0.25, 0.3) is 10.8 Å². The molecule has 138 valence electrons. The third-order valence-electron chi connectivity index (χ3n) is 3.75. The van der Waals surface area contributed by atoms with E-state index in [0.29, 0.717) is 0 Å². The van der Waals surface area contributed by atoms with Crippen LogP contribution in [0.4, 0.5) is 11.4 Å². The molecule has 0 bridgehead atoms. The van der Waals surface area contributed by atoms with Gasteiger partial charge in [-0.15, -0.1) is 10.2 Å². The maximum Gasteiger partial charge on any atom is 0.296 e. The Morgan fingerprint density at radius 1 is 1.15 bits per heavy atom. The van der Waals surface area contributed by atoms with Gasteiger partial charge in [-0.3, -0.25) is 4.55 Å². The van der Waals surface area contributed by atoms with Gasteiger partial charge in [-0.1, -0.05) is 12.2 Å². The average molecular weight is 405 g/mol. The molecule has 0 amide bonds. The van der Waals surface area contributed by atoms with E-state index in [0.717, 1.165) is 6.07 Å². The zero-order valence-electron chi connectivity index (χ0n) is 13.4. The highest BCUT2D eigenvalue weighted by Crippen LogP contribution is 2.41. The van der Waals surface area contributed by atoms with Crippen molar-refractivity contribution in [1.82, 2.24) is 5.73 Å². The number of phenolic OH excluding ortho intramolecular Hbond substituents is 1. The maximum atomic E-state index is 11.7. The SMILES string of the molecule is [N]c1ccc2c(O)c(N=NC3=CC=CCC3=S(=O)=O)c(S(=O)(=O)O)cc2c1. The summed E-state index contributed by atoms with van der Waals surface area (Å²) in [5.41, 5.74) is 8.77. The molecule has 2 radical (unpaired) electrons. The number of nitrogens with zero attached hydrogens (tertiary/aromatic N) is 3. The molecule has 27 heavy (non-hydrogen) atoms. The van der Waals surface area contributed by atoms with Crippen LogP contribution in [-0.2, 0) is 20.4 Å². The molecule has 0 saturated heterocycles. The number of hydrogen-bond donors (Lipinski definition) is 2. The van der Waals surface area contributed by atoms with Gasteiger partial charge in [0, 0.05) is 11.8 Å². The Morgan fingerprint density at radius 2 is 1.89 bits per heavy atom. The quantitative estimate of drug-likeness (QED) is 0.454. The summed E-state index contributed by atoms with van der Waals surface area (Å²) in [6.45, 7) is 0. The van der Waals surface area contributed by atoms with Crippen LogP contribution in [0.3, 0.4) is 0 Å². The van der Waals surface area contributed by atoms with Crippen molar-refractivity contribution in [2.45, 2.75) is 11.3 Å². The zero-order valence-corrected chi connectivity index (χ0v) is 15.1. The first-order valence-electron chi connectivity index (χ1n) is 7.38. The van der Waals surface area contributed by atoms with Gasteiger partial charge in [-0.2, -0.15) is 22.6 Å². The molecule has 0 atom stereocenters. The summed E-state index contributed by atoms with van der Waals surface area (Å²) in [7, 11) is -7.36. The number of benzene rings is 2. The smallest absolute Gasteiger partial charge is 0.296 e. The lowest BCUT2D eigenvalue weighted by Crippen LogP contribution is -2.04. The van der Waals surface area contributed by atoms with Crippen molar-refractivity contribution in [1.29, 1.82) is 0 Å². The Balaban J connectivity index is 2.26. The lowest BCUT2D eigenvalue weighted by molar-refractivity contribution is 0.472. The fraction of sp³-hybridized carbons (Fsp3) is 0.0625. The topological polar surface area (TPSA) is 156 Å². The van der Waals surface area contributed by atoms with Crippen LogP contribution in [0, 0.1) is 0 Å². The largest absolute Gasteiger partial charge is 0.505 e. The highest BCUT2D eigenvalue weighted by atomic mass is 32.2. The molecule has 0 fully saturated rings. The minimum Gasteiger partial charge on any atom is -0.505 e. The van der Waals surface area contributed by atoms with Crippen LogP contribution in [0.2, 0.25) is 0 Å². The Kier molecular flexibility index (Phi) is 4.83. The van der Waals surface area contributed by atoms with Crippen molar-refractivity contribution < 1.29 is 26.5 Å². The minimum atomic E-state index is -4.80. The molecule has 11 heteroatoms. The number of hydrogen-bond acceptors (Lipinski definition) is 7. The molecule has 0 heterocycles. The Bertz CT molecular complexity index is 1280. The second-order valence-electron chi connectivity index (χ2n) is 5.49. The summed E-state index contributed by atoms with van der Waals surface area (Å²) in [6, 6.07) is 4.83. The minimum absolute atomic E-state index is 0.0303. The molecule has 2 N–H and O–H groups in total. The van der Waals surface area contributed by atoms with Crippen molar-refractivity contribution in [3.05, 3.63) is 48.2 Å². The number of rotatable bonds is 3. The fourth-order valence-electron chi connectivity index (χ4n) is 2.51. The second kappa shape index (κ2) is 6.95. The number of azo groups is 1. The molecule has 0 aliphatic heterocycles. The molecule has 2 aromatic rings. The van der Waals surface area contributed by atoms with Gasteiger partial charge in [0.25, 0.3) is 10.1 Å². The number of allylic oxidation sites excluding steroid dienone is 4. The standard InChI is InChI=1S/C16H11N3O6S2/c17-10-5-6-11-9(7-10)8-14(27(23,24)25)15(16(11)20)19-18-12-3-1-2-4-13(12)26(21)22/h1-3,5-8,20H,4H2,(H,23,24,25). The average Bonchev–Trinajstić information content (AvgIpc) is 2.59. The van der Waals surface area contributed by atoms with E-state index in [1.54, 1.807) is 12.2 Å². The van der Waals surface area contributed by atoms with Crippen molar-refractivity contribution in [2.75, 3.05) is 0 Å². The Morgan fingerprint density at radius 3 is 2.56 bits per heavy atom. The van der Waals surface area contributed by atoms with Crippen molar-refractivity contribution in [2.24, 2.45) is 10.2 Å². The van der Waals surface area contributed by atoms with E-state index in [2.05, 4.69) is 10.2 Å². The van der Waals surface area contributed by atoms with Gasteiger partial charge in [0.2, 0.25) is 10.3 Å². The number of phenols is 1. The summed E-state index contributed by atoms with van der Waals surface area (Å²) < 4.78 is 55.4. The van der Waals surface area contributed by atoms with E-state index in [1.165, 1.54) is 24.3 Å². The van der Waals surface area contributed by atoms with Crippen LogP contribution in [-0.4, -0.2) is 31.4 Å². The summed E-state index contributed by atoms with van der Waals surface area (Å²) in [5, 5.41) is 18.1. The van der Waals surface area contributed by atoms with Crippen molar-refractivity contribution in [3.8, 4) is 5.75 Å². The van der Waals surface area contributed by atoms with Gasteiger partial charge in [-0.05, 0) is 35.7 Å². The van der Waals surface area contributed by atoms with Crippen LogP contribution < -0.4 is 5.73 Å². The highest BCUT2D eigenvalue weighted by molar-refractivity contribution is 7.86.